The number of halogens is 1. The highest BCUT2D eigenvalue weighted by atomic mass is 35.5. The van der Waals surface area contributed by atoms with Gasteiger partial charge in [-0.3, -0.25) is 4.98 Å². The minimum Gasteiger partial charge on any atom is -0.322 e. The molecular weight excluding hydrogens is 172 g/mol. The highest BCUT2D eigenvalue weighted by molar-refractivity contribution is 6.30. The van der Waals surface area contributed by atoms with Crippen LogP contribution < -0.4 is 5.73 Å². The molecule has 1 fully saturated rings. The summed E-state index contributed by atoms with van der Waals surface area (Å²) in [6, 6.07) is 3.86. The molecule has 64 valence electrons. The molecule has 0 radical (unpaired) electrons. The molecule has 1 aromatic heterocycles. The Labute approximate surface area is 76.7 Å². The van der Waals surface area contributed by atoms with Crippen LogP contribution in [0.1, 0.15) is 24.6 Å². The maximum Gasteiger partial charge on any atom is 0.0589 e. The first-order chi connectivity index (χ1) is 5.77. The second-order valence-corrected chi connectivity index (χ2v) is 3.70. The van der Waals surface area contributed by atoms with Crippen molar-refractivity contribution in [2.24, 2.45) is 11.7 Å². The summed E-state index contributed by atoms with van der Waals surface area (Å²) in [4.78, 5) is 4.18. The second-order valence-electron chi connectivity index (χ2n) is 3.26. The number of hydrogen-bond acceptors (Lipinski definition) is 2. The molecule has 1 aliphatic rings. The zero-order chi connectivity index (χ0) is 8.55. The van der Waals surface area contributed by atoms with Gasteiger partial charge < -0.3 is 5.73 Å². The van der Waals surface area contributed by atoms with Gasteiger partial charge in [0.25, 0.3) is 0 Å². The Kier molecular flexibility index (Phi) is 2.03. The van der Waals surface area contributed by atoms with E-state index in [1.54, 1.807) is 6.20 Å². The van der Waals surface area contributed by atoms with E-state index in [4.69, 9.17) is 17.3 Å². The van der Waals surface area contributed by atoms with Gasteiger partial charge in [0.05, 0.1) is 10.7 Å². The highest BCUT2D eigenvalue weighted by Crippen LogP contribution is 2.38. The van der Waals surface area contributed by atoms with Gasteiger partial charge in [0.15, 0.2) is 0 Å². The molecule has 0 aromatic carbocycles. The van der Waals surface area contributed by atoms with Gasteiger partial charge in [0, 0.05) is 12.2 Å². The number of pyridine rings is 1. The summed E-state index contributed by atoms with van der Waals surface area (Å²) in [7, 11) is 0. The Morgan fingerprint density at radius 1 is 1.50 bits per heavy atom. The Morgan fingerprint density at radius 2 is 2.25 bits per heavy atom. The van der Waals surface area contributed by atoms with E-state index in [9.17, 15) is 0 Å². The maximum atomic E-state index is 5.94. The summed E-state index contributed by atoms with van der Waals surface area (Å²) in [6.45, 7) is 0. The van der Waals surface area contributed by atoms with Crippen LogP contribution in [-0.2, 0) is 0 Å². The fourth-order valence-corrected chi connectivity index (χ4v) is 1.39. The van der Waals surface area contributed by atoms with Gasteiger partial charge >= 0.3 is 0 Å². The van der Waals surface area contributed by atoms with Crippen LogP contribution >= 0.6 is 11.6 Å². The van der Waals surface area contributed by atoms with Crippen LogP contribution in [0.15, 0.2) is 18.3 Å². The Balaban J connectivity index is 2.16. The molecule has 2 N–H and O–H groups in total. The van der Waals surface area contributed by atoms with Gasteiger partial charge in [0.2, 0.25) is 0 Å². The third-order valence-electron chi connectivity index (χ3n) is 2.22. The number of rotatable bonds is 2. The predicted molar refractivity (Wildman–Crippen MR) is 48.9 cm³/mol. The number of hydrogen-bond donors (Lipinski definition) is 1. The van der Waals surface area contributed by atoms with Crippen LogP contribution in [0.2, 0.25) is 5.02 Å². The molecule has 0 bridgehead atoms. The van der Waals surface area contributed by atoms with Crippen LogP contribution in [-0.4, -0.2) is 4.98 Å². The molecule has 0 amide bonds. The molecule has 1 heterocycles. The van der Waals surface area contributed by atoms with E-state index < -0.39 is 0 Å². The van der Waals surface area contributed by atoms with E-state index in [-0.39, 0.29) is 6.04 Å². The van der Waals surface area contributed by atoms with E-state index in [1.165, 1.54) is 12.8 Å². The summed E-state index contributed by atoms with van der Waals surface area (Å²) in [5.41, 5.74) is 6.90. The average Bonchev–Trinajstić information content (AvgIpc) is 2.87. The largest absolute Gasteiger partial charge is 0.322 e. The summed E-state index contributed by atoms with van der Waals surface area (Å²) in [6.07, 6.45) is 4.13. The van der Waals surface area contributed by atoms with Gasteiger partial charge in [-0.05, 0) is 30.9 Å². The Bertz CT molecular complexity index is 266. The fourth-order valence-electron chi connectivity index (χ4n) is 1.28. The van der Waals surface area contributed by atoms with Crippen molar-refractivity contribution in [2.45, 2.75) is 18.9 Å². The van der Waals surface area contributed by atoms with Crippen molar-refractivity contribution in [3.8, 4) is 0 Å². The van der Waals surface area contributed by atoms with Gasteiger partial charge in [-0.1, -0.05) is 11.6 Å². The molecule has 0 unspecified atom stereocenters. The van der Waals surface area contributed by atoms with Gasteiger partial charge in [-0.2, -0.15) is 0 Å². The van der Waals surface area contributed by atoms with Crippen molar-refractivity contribution in [3.05, 3.63) is 29.0 Å². The molecule has 1 atom stereocenters. The van der Waals surface area contributed by atoms with Crippen molar-refractivity contribution in [1.29, 1.82) is 0 Å². The molecule has 1 saturated carbocycles. The Hall–Kier alpha value is -0.600. The predicted octanol–water partition coefficient (Wildman–Crippen LogP) is 2.14. The highest BCUT2D eigenvalue weighted by Gasteiger charge is 2.30. The van der Waals surface area contributed by atoms with E-state index in [2.05, 4.69) is 4.98 Å². The average molecular weight is 183 g/mol. The molecule has 1 aromatic rings. The number of nitrogens with two attached hydrogens (primary N) is 1. The standard InChI is InChI=1S/C9H11ClN2/c10-7-3-4-8(12-5-7)9(11)6-1-2-6/h3-6,9H,1-2,11H2/t9-/m1/s1. The molecule has 0 saturated heterocycles. The van der Waals surface area contributed by atoms with E-state index in [1.807, 2.05) is 12.1 Å². The molecule has 2 nitrogen and oxygen atoms in total. The summed E-state index contributed by atoms with van der Waals surface area (Å²) in [5.74, 6) is 0.652. The van der Waals surface area contributed by atoms with E-state index >= 15 is 0 Å². The molecule has 12 heavy (non-hydrogen) atoms. The zero-order valence-corrected chi connectivity index (χ0v) is 7.46. The van der Waals surface area contributed by atoms with Crippen LogP contribution in [0.5, 0.6) is 0 Å². The first kappa shape index (κ1) is 8.02. The monoisotopic (exact) mass is 182 g/mol. The van der Waals surface area contributed by atoms with E-state index in [0.717, 1.165) is 5.69 Å². The third kappa shape index (κ3) is 1.59. The van der Waals surface area contributed by atoms with Crippen LogP contribution in [0.25, 0.3) is 0 Å². The normalized spacial score (nSPS) is 19.2. The lowest BCUT2D eigenvalue weighted by atomic mass is 10.1. The molecule has 3 heteroatoms. The van der Waals surface area contributed by atoms with Crippen LogP contribution in [0, 0.1) is 5.92 Å². The lowest BCUT2D eigenvalue weighted by Gasteiger charge is -2.08. The van der Waals surface area contributed by atoms with Gasteiger partial charge in [0.1, 0.15) is 0 Å². The van der Waals surface area contributed by atoms with Gasteiger partial charge in [-0.15, -0.1) is 0 Å². The quantitative estimate of drug-likeness (QED) is 0.761. The lowest BCUT2D eigenvalue weighted by Crippen LogP contribution is -2.13. The molecular formula is C9H11ClN2. The lowest BCUT2D eigenvalue weighted by molar-refractivity contribution is 0.615. The van der Waals surface area contributed by atoms with Gasteiger partial charge in [-0.25, -0.2) is 0 Å². The van der Waals surface area contributed by atoms with Crippen molar-refractivity contribution in [1.82, 2.24) is 4.98 Å². The van der Waals surface area contributed by atoms with E-state index in [0.29, 0.717) is 10.9 Å². The Morgan fingerprint density at radius 3 is 2.75 bits per heavy atom. The minimum atomic E-state index is 0.113. The van der Waals surface area contributed by atoms with Crippen molar-refractivity contribution >= 4 is 11.6 Å². The summed E-state index contributed by atoms with van der Waals surface area (Å²) < 4.78 is 0. The molecule has 1 aliphatic carbocycles. The first-order valence-electron chi connectivity index (χ1n) is 4.14. The maximum absolute atomic E-state index is 5.94. The SMILES string of the molecule is N[C@@H](c1ccc(Cl)cn1)C1CC1. The summed E-state index contributed by atoms with van der Waals surface area (Å²) in [5, 5.41) is 0.668. The van der Waals surface area contributed by atoms with Crippen LogP contribution in [0.3, 0.4) is 0 Å². The van der Waals surface area contributed by atoms with Crippen molar-refractivity contribution in [3.63, 3.8) is 0 Å². The zero-order valence-electron chi connectivity index (χ0n) is 6.70. The number of nitrogens with zero attached hydrogens (tertiary/aromatic N) is 1. The topological polar surface area (TPSA) is 38.9 Å². The molecule has 2 rings (SSSR count). The smallest absolute Gasteiger partial charge is 0.0589 e. The fraction of sp³-hybridized carbons (Fsp3) is 0.444. The number of aromatic nitrogens is 1. The first-order valence-corrected chi connectivity index (χ1v) is 4.52. The third-order valence-corrected chi connectivity index (χ3v) is 2.45. The minimum absolute atomic E-state index is 0.113. The molecule has 0 aliphatic heterocycles. The molecule has 0 spiro atoms. The van der Waals surface area contributed by atoms with Crippen molar-refractivity contribution in [2.75, 3.05) is 0 Å². The van der Waals surface area contributed by atoms with Crippen molar-refractivity contribution < 1.29 is 0 Å². The summed E-state index contributed by atoms with van der Waals surface area (Å²) >= 11 is 5.71. The van der Waals surface area contributed by atoms with Crippen LogP contribution in [0.4, 0.5) is 0 Å². The second kappa shape index (κ2) is 3.04.